The summed E-state index contributed by atoms with van der Waals surface area (Å²) in [6, 6.07) is 8.75. The number of carbonyl (C=O) groups is 1. The van der Waals surface area contributed by atoms with Gasteiger partial charge in [0.1, 0.15) is 12.4 Å². The molecule has 0 saturated carbocycles. The van der Waals surface area contributed by atoms with E-state index in [0.717, 1.165) is 31.7 Å². The summed E-state index contributed by atoms with van der Waals surface area (Å²) in [4.78, 5) is 18.6. The Hall–Kier alpha value is -1.53. The van der Waals surface area contributed by atoms with E-state index in [0.29, 0.717) is 21.4 Å². The van der Waals surface area contributed by atoms with E-state index >= 15 is 0 Å². The molecule has 1 aliphatic rings. The molecule has 0 atom stereocenters. The van der Waals surface area contributed by atoms with Crippen LogP contribution in [0.1, 0.15) is 15.9 Å². The number of benzene rings is 1. The summed E-state index contributed by atoms with van der Waals surface area (Å²) in [6.07, 6.45) is 1.51. The first-order valence-electron chi connectivity index (χ1n) is 7.66. The lowest BCUT2D eigenvalue weighted by atomic mass is 10.2. The highest BCUT2D eigenvalue weighted by Gasteiger charge is 2.17. The fraction of sp³-hybridized carbons (Fsp3) is 0.294. The number of pyridine rings is 1. The molecular weight excluding hydrogens is 385 g/mol. The number of nitrogens with zero attached hydrogens (tertiary/aromatic N) is 2. The highest BCUT2D eigenvalue weighted by Crippen LogP contribution is 2.24. The van der Waals surface area contributed by atoms with Gasteiger partial charge in [0.2, 0.25) is 0 Å². The van der Waals surface area contributed by atoms with Crippen molar-refractivity contribution in [3.05, 3.63) is 57.7 Å². The topological polar surface area (TPSA) is 54.5 Å². The molecule has 1 aromatic heterocycles. The van der Waals surface area contributed by atoms with Crippen LogP contribution in [0.5, 0.6) is 0 Å². The van der Waals surface area contributed by atoms with Gasteiger partial charge in [0.15, 0.2) is 0 Å². The lowest BCUT2D eigenvalue weighted by Gasteiger charge is -2.29. The Morgan fingerprint density at radius 2 is 1.88 bits per heavy atom. The number of esters is 1. The van der Waals surface area contributed by atoms with Gasteiger partial charge in [-0.25, -0.2) is 9.78 Å². The third-order valence-corrected chi connectivity index (χ3v) is 4.29. The summed E-state index contributed by atoms with van der Waals surface area (Å²) >= 11 is 12.1. The molecule has 1 N–H and O–H groups in total. The Morgan fingerprint density at radius 3 is 2.52 bits per heavy atom. The molecule has 8 heteroatoms. The first-order chi connectivity index (χ1) is 11.6. The van der Waals surface area contributed by atoms with E-state index < -0.39 is 5.97 Å². The van der Waals surface area contributed by atoms with Gasteiger partial charge in [-0.15, -0.1) is 12.4 Å². The lowest BCUT2D eigenvalue weighted by Crippen LogP contribution is -2.44. The van der Waals surface area contributed by atoms with Gasteiger partial charge in [-0.2, -0.15) is 0 Å². The molecule has 3 rings (SSSR count). The van der Waals surface area contributed by atoms with E-state index in [1.54, 1.807) is 18.2 Å². The Morgan fingerprint density at radius 1 is 1.20 bits per heavy atom. The quantitative estimate of drug-likeness (QED) is 0.792. The second-order valence-electron chi connectivity index (χ2n) is 5.47. The van der Waals surface area contributed by atoms with Crippen LogP contribution in [0.3, 0.4) is 0 Å². The average Bonchev–Trinajstić information content (AvgIpc) is 2.61. The van der Waals surface area contributed by atoms with Gasteiger partial charge in [-0.3, -0.25) is 0 Å². The Kier molecular flexibility index (Phi) is 7.32. The van der Waals surface area contributed by atoms with Crippen molar-refractivity contribution >= 4 is 47.4 Å². The highest BCUT2D eigenvalue weighted by atomic mass is 35.5. The lowest BCUT2D eigenvalue weighted by molar-refractivity contribution is 0.0472. The summed E-state index contributed by atoms with van der Waals surface area (Å²) in [5.41, 5.74) is 1.21. The van der Waals surface area contributed by atoms with Crippen molar-refractivity contribution in [2.75, 3.05) is 31.1 Å². The molecule has 1 aliphatic heterocycles. The molecule has 0 bridgehead atoms. The van der Waals surface area contributed by atoms with Gasteiger partial charge in [0.05, 0.1) is 10.6 Å². The average molecular weight is 403 g/mol. The first kappa shape index (κ1) is 19.8. The van der Waals surface area contributed by atoms with Gasteiger partial charge in [-0.1, -0.05) is 35.3 Å². The zero-order valence-corrected chi connectivity index (χ0v) is 15.7. The third-order valence-electron chi connectivity index (χ3n) is 3.76. The van der Waals surface area contributed by atoms with Crippen LogP contribution in [0.15, 0.2) is 36.5 Å². The van der Waals surface area contributed by atoms with E-state index in [2.05, 4.69) is 15.2 Å². The fourth-order valence-corrected chi connectivity index (χ4v) is 2.88. The summed E-state index contributed by atoms with van der Waals surface area (Å²) in [5, 5.41) is 4.37. The minimum absolute atomic E-state index is 0. The standard InChI is InChI=1S/C17H17Cl2N3O2.ClH/c18-14-3-1-12(2-4-14)11-24-17(23)13-9-15(19)16(21-10-13)22-7-5-20-6-8-22;/h1-4,9-10,20H,5-8,11H2;1H. The predicted octanol–water partition coefficient (Wildman–Crippen LogP) is 3.58. The zero-order chi connectivity index (χ0) is 16.9. The minimum Gasteiger partial charge on any atom is -0.457 e. The number of carbonyl (C=O) groups excluding carboxylic acids is 1. The second-order valence-corrected chi connectivity index (χ2v) is 6.31. The van der Waals surface area contributed by atoms with Gasteiger partial charge in [0, 0.05) is 37.4 Å². The third kappa shape index (κ3) is 5.22. The number of piperazine rings is 1. The summed E-state index contributed by atoms with van der Waals surface area (Å²) in [7, 11) is 0. The van der Waals surface area contributed by atoms with E-state index in [9.17, 15) is 4.79 Å². The molecule has 134 valence electrons. The van der Waals surface area contributed by atoms with E-state index in [4.69, 9.17) is 27.9 Å². The highest BCUT2D eigenvalue weighted by molar-refractivity contribution is 6.33. The summed E-state index contributed by atoms with van der Waals surface area (Å²) in [6.45, 7) is 3.64. The van der Waals surface area contributed by atoms with Crippen LogP contribution >= 0.6 is 35.6 Å². The number of nitrogens with one attached hydrogen (secondary N) is 1. The Balaban J connectivity index is 0.00000225. The van der Waals surface area contributed by atoms with Crippen molar-refractivity contribution in [2.24, 2.45) is 0 Å². The molecule has 0 unspecified atom stereocenters. The number of aromatic nitrogens is 1. The summed E-state index contributed by atoms with van der Waals surface area (Å²) < 4.78 is 5.29. The Labute approximate surface area is 162 Å². The van der Waals surface area contributed by atoms with Gasteiger partial charge in [-0.05, 0) is 23.8 Å². The van der Waals surface area contributed by atoms with Crippen LogP contribution in [0.4, 0.5) is 5.82 Å². The van der Waals surface area contributed by atoms with E-state index in [-0.39, 0.29) is 19.0 Å². The predicted molar refractivity (Wildman–Crippen MR) is 102 cm³/mol. The van der Waals surface area contributed by atoms with Gasteiger partial charge < -0.3 is 15.0 Å². The van der Waals surface area contributed by atoms with Crippen molar-refractivity contribution < 1.29 is 9.53 Å². The SMILES string of the molecule is Cl.O=C(OCc1ccc(Cl)cc1)c1cnc(N2CCNCC2)c(Cl)c1. The number of halogens is 3. The number of anilines is 1. The van der Waals surface area contributed by atoms with Crippen molar-refractivity contribution in [1.29, 1.82) is 0 Å². The molecule has 25 heavy (non-hydrogen) atoms. The van der Waals surface area contributed by atoms with Gasteiger partial charge >= 0.3 is 5.97 Å². The van der Waals surface area contributed by atoms with Crippen LogP contribution in [-0.4, -0.2) is 37.1 Å². The molecule has 2 heterocycles. The van der Waals surface area contributed by atoms with Crippen LogP contribution in [0, 0.1) is 0 Å². The van der Waals surface area contributed by atoms with Crippen LogP contribution in [0.2, 0.25) is 10.0 Å². The largest absolute Gasteiger partial charge is 0.457 e. The van der Waals surface area contributed by atoms with Crippen molar-refractivity contribution in [3.8, 4) is 0 Å². The molecule has 1 aromatic carbocycles. The smallest absolute Gasteiger partial charge is 0.340 e. The molecule has 0 amide bonds. The number of ether oxygens (including phenoxy) is 1. The van der Waals surface area contributed by atoms with E-state index in [1.165, 1.54) is 6.20 Å². The summed E-state index contributed by atoms with van der Waals surface area (Å²) in [5.74, 6) is 0.249. The number of hydrogen-bond acceptors (Lipinski definition) is 5. The van der Waals surface area contributed by atoms with E-state index in [1.807, 2.05) is 12.1 Å². The van der Waals surface area contributed by atoms with Crippen molar-refractivity contribution in [1.82, 2.24) is 10.3 Å². The van der Waals surface area contributed by atoms with Gasteiger partial charge in [0.25, 0.3) is 0 Å². The van der Waals surface area contributed by atoms with Crippen molar-refractivity contribution in [3.63, 3.8) is 0 Å². The molecular formula is C17H18Cl3N3O2. The molecule has 2 aromatic rings. The number of hydrogen-bond donors (Lipinski definition) is 1. The number of rotatable bonds is 4. The maximum absolute atomic E-state index is 12.2. The molecule has 0 spiro atoms. The molecule has 1 fully saturated rings. The van der Waals surface area contributed by atoms with Crippen molar-refractivity contribution in [2.45, 2.75) is 6.61 Å². The van der Waals surface area contributed by atoms with Crippen LogP contribution in [0.25, 0.3) is 0 Å². The monoisotopic (exact) mass is 401 g/mol. The first-order valence-corrected chi connectivity index (χ1v) is 8.42. The molecule has 0 aliphatic carbocycles. The minimum atomic E-state index is -0.453. The maximum atomic E-state index is 12.2. The molecule has 0 radical (unpaired) electrons. The molecule has 5 nitrogen and oxygen atoms in total. The van der Waals surface area contributed by atoms with Crippen LogP contribution in [-0.2, 0) is 11.3 Å². The second kappa shape index (κ2) is 9.25. The normalized spacial score (nSPS) is 13.9. The fourth-order valence-electron chi connectivity index (χ4n) is 2.46. The Bertz CT molecular complexity index is 720. The van der Waals surface area contributed by atoms with Crippen LogP contribution < -0.4 is 10.2 Å². The zero-order valence-electron chi connectivity index (χ0n) is 13.4. The molecule has 1 saturated heterocycles. The maximum Gasteiger partial charge on any atom is 0.340 e.